The Kier molecular flexibility index (Phi) is 3.65. The van der Waals surface area contributed by atoms with Gasteiger partial charge in [-0.25, -0.2) is 4.98 Å². The fourth-order valence-electron chi connectivity index (χ4n) is 2.93. The van der Waals surface area contributed by atoms with Crippen LogP contribution in [0.15, 0.2) is 36.8 Å². The Morgan fingerprint density at radius 1 is 1.37 bits per heavy atom. The first-order valence-corrected chi connectivity index (χ1v) is 7.24. The Balaban J connectivity index is 2.00. The zero-order valence-corrected chi connectivity index (χ0v) is 11.5. The molecule has 0 unspecified atom stereocenters. The molecule has 3 nitrogen and oxygen atoms in total. The molecule has 1 saturated heterocycles. The molecule has 1 aliphatic heterocycles. The lowest BCUT2D eigenvalue weighted by Gasteiger charge is -2.16. The van der Waals surface area contributed by atoms with Crippen LogP contribution in [-0.4, -0.2) is 16.1 Å². The highest BCUT2D eigenvalue weighted by atomic mass is 15.1. The second-order valence-electron chi connectivity index (χ2n) is 5.22. The van der Waals surface area contributed by atoms with E-state index in [4.69, 9.17) is 0 Å². The van der Waals surface area contributed by atoms with E-state index in [1.54, 1.807) is 0 Å². The van der Waals surface area contributed by atoms with E-state index < -0.39 is 0 Å². The third kappa shape index (κ3) is 2.43. The predicted octanol–water partition coefficient (Wildman–Crippen LogP) is 3.25. The van der Waals surface area contributed by atoms with Crippen molar-refractivity contribution in [3.05, 3.63) is 48.0 Å². The van der Waals surface area contributed by atoms with Crippen LogP contribution in [-0.2, 0) is 6.42 Å². The number of nitrogens with one attached hydrogen (secondary N) is 1. The van der Waals surface area contributed by atoms with Gasteiger partial charge < -0.3 is 9.88 Å². The molecule has 1 aromatic carbocycles. The van der Waals surface area contributed by atoms with Gasteiger partial charge in [0.1, 0.15) is 0 Å². The Labute approximate surface area is 114 Å². The maximum atomic E-state index is 4.37. The van der Waals surface area contributed by atoms with Gasteiger partial charge in [-0.1, -0.05) is 31.5 Å². The Morgan fingerprint density at radius 3 is 3.05 bits per heavy atom. The summed E-state index contributed by atoms with van der Waals surface area (Å²) in [6.45, 7) is 3.34. The summed E-state index contributed by atoms with van der Waals surface area (Å²) in [5.74, 6) is 0. The molecule has 0 bridgehead atoms. The summed E-state index contributed by atoms with van der Waals surface area (Å²) in [6.07, 6.45) is 8.71. The molecule has 2 heterocycles. The Bertz CT molecular complexity index is 538. The first-order valence-electron chi connectivity index (χ1n) is 7.24. The number of hydrogen-bond donors (Lipinski definition) is 1. The maximum Gasteiger partial charge on any atom is 0.0994 e. The number of para-hydroxylation sites is 1. The number of aryl methyl sites for hydroxylation is 1. The lowest BCUT2D eigenvalue weighted by atomic mass is 10.1. The topological polar surface area (TPSA) is 29.9 Å². The smallest absolute Gasteiger partial charge is 0.0994 e. The Hall–Kier alpha value is -1.61. The van der Waals surface area contributed by atoms with Gasteiger partial charge in [0.15, 0.2) is 0 Å². The lowest BCUT2D eigenvalue weighted by molar-refractivity contribution is 0.614. The number of nitrogens with zero attached hydrogens (tertiary/aromatic N) is 2. The van der Waals surface area contributed by atoms with Crippen molar-refractivity contribution in [3.8, 4) is 5.69 Å². The molecule has 19 heavy (non-hydrogen) atoms. The molecule has 1 aromatic heterocycles. The number of rotatable bonds is 4. The minimum absolute atomic E-state index is 0.456. The SMILES string of the molecule is CCCc1ccccc1-n1cncc1[C@@H]1CCCN1. The van der Waals surface area contributed by atoms with Crippen molar-refractivity contribution in [2.75, 3.05) is 6.54 Å². The third-order valence-electron chi connectivity index (χ3n) is 3.85. The zero-order chi connectivity index (χ0) is 13.1. The molecule has 2 aromatic rings. The van der Waals surface area contributed by atoms with E-state index in [0.29, 0.717) is 6.04 Å². The van der Waals surface area contributed by atoms with Gasteiger partial charge in [-0.05, 0) is 37.4 Å². The van der Waals surface area contributed by atoms with E-state index in [2.05, 4.69) is 46.1 Å². The molecule has 1 N–H and O–H groups in total. The van der Waals surface area contributed by atoms with Crippen molar-refractivity contribution in [1.29, 1.82) is 0 Å². The molecular formula is C16H21N3. The molecular weight excluding hydrogens is 234 g/mol. The molecule has 0 saturated carbocycles. The van der Waals surface area contributed by atoms with Gasteiger partial charge in [0.05, 0.1) is 23.9 Å². The molecule has 1 atom stereocenters. The first kappa shape index (κ1) is 12.4. The summed E-state index contributed by atoms with van der Waals surface area (Å²) in [5.41, 5.74) is 3.98. The molecule has 3 heteroatoms. The molecule has 1 aliphatic rings. The van der Waals surface area contributed by atoms with E-state index >= 15 is 0 Å². The van der Waals surface area contributed by atoms with Crippen LogP contribution < -0.4 is 5.32 Å². The van der Waals surface area contributed by atoms with Crippen LogP contribution in [0.5, 0.6) is 0 Å². The van der Waals surface area contributed by atoms with E-state index in [-0.39, 0.29) is 0 Å². The average Bonchev–Trinajstić information content (AvgIpc) is 3.10. The average molecular weight is 255 g/mol. The minimum atomic E-state index is 0.456. The molecule has 1 fully saturated rings. The summed E-state index contributed by atoms with van der Waals surface area (Å²) >= 11 is 0. The van der Waals surface area contributed by atoms with Crippen LogP contribution in [0.4, 0.5) is 0 Å². The molecule has 100 valence electrons. The lowest BCUT2D eigenvalue weighted by Crippen LogP contribution is -2.16. The molecule has 0 amide bonds. The first-order chi connectivity index (χ1) is 9.40. The van der Waals surface area contributed by atoms with E-state index in [1.165, 1.54) is 36.2 Å². The van der Waals surface area contributed by atoms with Crippen molar-refractivity contribution < 1.29 is 0 Å². The summed E-state index contributed by atoms with van der Waals surface area (Å²) in [7, 11) is 0. The van der Waals surface area contributed by atoms with Crippen LogP contribution in [0.3, 0.4) is 0 Å². The summed E-state index contributed by atoms with van der Waals surface area (Å²) < 4.78 is 2.26. The Morgan fingerprint density at radius 2 is 2.26 bits per heavy atom. The van der Waals surface area contributed by atoms with E-state index in [0.717, 1.165) is 13.0 Å². The van der Waals surface area contributed by atoms with Crippen molar-refractivity contribution in [3.63, 3.8) is 0 Å². The normalized spacial score (nSPS) is 18.9. The molecule has 0 aliphatic carbocycles. The number of imidazole rings is 1. The van der Waals surface area contributed by atoms with Crippen molar-refractivity contribution in [1.82, 2.24) is 14.9 Å². The largest absolute Gasteiger partial charge is 0.309 e. The number of aromatic nitrogens is 2. The van der Waals surface area contributed by atoms with Crippen LogP contribution in [0.25, 0.3) is 5.69 Å². The minimum Gasteiger partial charge on any atom is -0.309 e. The van der Waals surface area contributed by atoms with Crippen molar-refractivity contribution in [2.45, 2.75) is 38.6 Å². The third-order valence-corrected chi connectivity index (χ3v) is 3.85. The second-order valence-corrected chi connectivity index (χ2v) is 5.22. The van der Waals surface area contributed by atoms with Gasteiger partial charge in [-0.2, -0.15) is 0 Å². The predicted molar refractivity (Wildman–Crippen MR) is 77.5 cm³/mol. The van der Waals surface area contributed by atoms with Gasteiger partial charge in [0.25, 0.3) is 0 Å². The van der Waals surface area contributed by atoms with Gasteiger partial charge in [0.2, 0.25) is 0 Å². The van der Waals surface area contributed by atoms with Crippen molar-refractivity contribution in [2.24, 2.45) is 0 Å². The van der Waals surface area contributed by atoms with Crippen LogP contribution in [0, 0.1) is 0 Å². The van der Waals surface area contributed by atoms with Crippen molar-refractivity contribution >= 4 is 0 Å². The summed E-state index contributed by atoms with van der Waals surface area (Å²) in [5, 5.41) is 3.56. The zero-order valence-electron chi connectivity index (χ0n) is 11.5. The molecule has 0 radical (unpaired) electrons. The summed E-state index contributed by atoms with van der Waals surface area (Å²) in [4.78, 5) is 4.37. The number of hydrogen-bond acceptors (Lipinski definition) is 2. The highest BCUT2D eigenvalue weighted by Gasteiger charge is 2.20. The van der Waals surface area contributed by atoms with Gasteiger partial charge in [-0.3, -0.25) is 0 Å². The standard InChI is InChI=1S/C16H21N3/c1-2-6-13-7-3-4-9-15(13)19-12-17-11-16(19)14-8-5-10-18-14/h3-4,7,9,11-12,14,18H,2,5-6,8,10H2,1H3/t14-/m0/s1. The fourth-order valence-corrected chi connectivity index (χ4v) is 2.93. The number of benzene rings is 1. The highest BCUT2D eigenvalue weighted by Crippen LogP contribution is 2.26. The molecule has 3 rings (SSSR count). The van der Waals surface area contributed by atoms with Crippen LogP contribution >= 0.6 is 0 Å². The van der Waals surface area contributed by atoms with Gasteiger partial charge in [0, 0.05) is 6.04 Å². The van der Waals surface area contributed by atoms with E-state index in [9.17, 15) is 0 Å². The van der Waals surface area contributed by atoms with Gasteiger partial charge in [-0.15, -0.1) is 0 Å². The fraction of sp³-hybridized carbons (Fsp3) is 0.438. The van der Waals surface area contributed by atoms with Gasteiger partial charge >= 0.3 is 0 Å². The second kappa shape index (κ2) is 5.57. The molecule has 0 spiro atoms. The monoisotopic (exact) mass is 255 g/mol. The van der Waals surface area contributed by atoms with Crippen LogP contribution in [0.2, 0.25) is 0 Å². The van der Waals surface area contributed by atoms with E-state index in [1.807, 2.05) is 12.5 Å². The quantitative estimate of drug-likeness (QED) is 0.909. The highest BCUT2D eigenvalue weighted by molar-refractivity contribution is 5.43. The maximum absolute atomic E-state index is 4.37. The van der Waals surface area contributed by atoms with Crippen LogP contribution in [0.1, 0.15) is 43.5 Å². The summed E-state index contributed by atoms with van der Waals surface area (Å²) in [6, 6.07) is 9.12.